The number of aromatic amines is 1. The highest BCUT2D eigenvalue weighted by Crippen LogP contribution is 2.24. The van der Waals surface area contributed by atoms with Crippen molar-refractivity contribution >= 4 is 11.6 Å². The Morgan fingerprint density at radius 3 is 3.00 bits per heavy atom. The topological polar surface area (TPSA) is 62.7 Å². The fraction of sp³-hybridized carbons (Fsp3) is 0.385. The van der Waals surface area contributed by atoms with E-state index in [1.165, 1.54) is 0 Å². The number of hydrogen-bond donors (Lipinski definition) is 2. The van der Waals surface area contributed by atoms with Gasteiger partial charge >= 0.3 is 5.69 Å². The van der Waals surface area contributed by atoms with Crippen molar-refractivity contribution in [2.45, 2.75) is 25.8 Å². The molecule has 1 aromatic heterocycles. The number of hydrogen-bond acceptors (Lipinski definition) is 3. The Morgan fingerprint density at radius 2 is 2.32 bits per heavy atom. The molecule has 100 valence electrons. The zero-order valence-corrected chi connectivity index (χ0v) is 11.4. The van der Waals surface area contributed by atoms with Gasteiger partial charge in [-0.2, -0.15) is 5.10 Å². The Hall–Kier alpha value is -1.59. The molecule has 0 aliphatic carbocycles. The summed E-state index contributed by atoms with van der Waals surface area (Å²) in [6, 6.07) is 5.71. The van der Waals surface area contributed by atoms with E-state index in [0.29, 0.717) is 5.02 Å². The largest absolute Gasteiger partial charge is 0.347 e. The van der Waals surface area contributed by atoms with Gasteiger partial charge in [-0.15, -0.1) is 0 Å². The van der Waals surface area contributed by atoms with E-state index in [-0.39, 0.29) is 11.7 Å². The van der Waals surface area contributed by atoms with Gasteiger partial charge < -0.3 is 5.32 Å². The maximum Gasteiger partial charge on any atom is 0.347 e. The van der Waals surface area contributed by atoms with Crippen LogP contribution in [0.15, 0.2) is 23.0 Å². The average molecular weight is 279 g/mol. The molecule has 2 aromatic rings. The predicted octanol–water partition coefficient (Wildman–Crippen LogP) is 1.95. The summed E-state index contributed by atoms with van der Waals surface area (Å²) in [6.07, 6.45) is 2.09. The predicted molar refractivity (Wildman–Crippen MR) is 73.9 cm³/mol. The van der Waals surface area contributed by atoms with Crippen molar-refractivity contribution in [1.82, 2.24) is 20.1 Å². The van der Waals surface area contributed by atoms with Crippen molar-refractivity contribution < 1.29 is 0 Å². The van der Waals surface area contributed by atoms with Gasteiger partial charge in [-0.3, -0.25) is 0 Å². The van der Waals surface area contributed by atoms with Gasteiger partial charge in [0.25, 0.3) is 0 Å². The maximum atomic E-state index is 12.0. The van der Waals surface area contributed by atoms with Crippen LogP contribution in [0.25, 0.3) is 5.69 Å². The van der Waals surface area contributed by atoms with E-state index in [2.05, 4.69) is 15.5 Å². The fourth-order valence-electron chi connectivity index (χ4n) is 2.42. The molecule has 1 saturated heterocycles. The van der Waals surface area contributed by atoms with Crippen LogP contribution in [0.5, 0.6) is 0 Å². The first-order valence-corrected chi connectivity index (χ1v) is 6.72. The first-order valence-electron chi connectivity index (χ1n) is 6.34. The Labute approximate surface area is 115 Å². The fourth-order valence-corrected chi connectivity index (χ4v) is 2.59. The quantitative estimate of drug-likeness (QED) is 0.883. The summed E-state index contributed by atoms with van der Waals surface area (Å²) in [4.78, 5) is 12.0. The summed E-state index contributed by atoms with van der Waals surface area (Å²) in [5.74, 6) is 0.724. The molecule has 0 saturated carbocycles. The first-order chi connectivity index (χ1) is 9.16. The molecule has 1 atom stereocenters. The highest BCUT2D eigenvalue weighted by molar-refractivity contribution is 6.31. The van der Waals surface area contributed by atoms with Crippen molar-refractivity contribution in [1.29, 1.82) is 0 Å². The number of H-pyrrole nitrogens is 1. The minimum atomic E-state index is -0.233. The normalized spacial score (nSPS) is 18.9. The van der Waals surface area contributed by atoms with Crippen LogP contribution < -0.4 is 11.0 Å². The van der Waals surface area contributed by atoms with Gasteiger partial charge in [0.1, 0.15) is 0 Å². The second-order valence-corrected chi connectivity index (χ2v) is 5.21. The van der Waals surface area contributed by atoms with Gasteiger partial charge in [-0.1, -0.05) is 17.7 Å². The molecular formula is C13H15ClN4O. The summed E-state index contributed by atoms with van der Waals surface area (Å²) in [7, 11) is 0. The second-order valence-electron chi connectivity index (χ2n) is 4.80. The monoisotopic (exact) mass is 278 g/mol. The van der Waals surface area contributed by atoms with Gasteiger partial charge in [0, 0.05) is 5.02 Å². The van der Waals surface area contributed by atoms with E-state index in [1.807, 2.05) is 19.1 Å². The molecule has 0 spiro atoms. The smallest absolute Gasteiger partial charge is 0.307 e. The van der Waals surface area contributed by atoms with E-state index < -0.39 is 0 Å². The maximum absolute atomic E-state index is 12.0. The number of aryl methyl sites for hydroxylation is 1. The lowest BCUT2D eigenvalue weighted by Gasteiger charge is -2.12. The highest BCUT2D eigenvalue weighted by Gasteiger charge is 2.23. The van der Waals surface area contributed by atoms with Gasteiger partial charge in [0.2, 0.25) is 0 Å². The SMILES string of the molecule is Cc1ccc(-n2c(C3CCCN3)n[nH]c2=O)cc1Cl. The standard InChI is InChI=1S/C13H15ClN4O/c1-8-4-5-9(7-10(8)14)18-12(16-17-13(18)19)11-3-2-6-15-11/h4-5,7,11,15H,2-3,6H2,1H3,(H,17,19). The molecule has 1 aliphatic rings. The number of aromatic nitrogens is 3. The molecule has 19 heavy (non-hydrogen) atoms. The number of nitrogens with zero attached hydrogens (tertiary/aromatic N) is 2. The van der Waals surface area contributed by atoms with Crippen molar-refractivity contribution in [2.24, 2.45) is 0 Å². The third-order valence-corrected chi connectivity index (χ3v) is 3.89. The lowest BCUT2D eigenvalue weighted by atomic mass is 10.2. The Bertz CT molecular complexity index is 655. The third kappa shape index (κ3) is 2.19. The van der Waals surface area contributed by atoms with Crippen LogP contribution in [-0.2, 0) is 0 Å². The van der Waals surface area contributed by atoms with Crippen molar-refractivity contribution in [3.63, 3.8) is 0 Å². The molecular weight excluding hydrogens is 264 g/mol. The number of rotatable bonds is 2. The summed E-state index contributed by atoms with van der Waals surface area (Å²) in [5.41, 5.74) is 1.50. The van der Waals surface area contributed by atoms with Crippen LogP contribution >= 0.6 is 11.6 Å². The number of halogens is 1. The summed E-state index contributed by atoms with van der Waals surface area (Å²) in [6.45, 7) is 2.89. The lowest BCUT2D eigenvalue weighted by Crippen LogP contribution is -2.22. The van der Waals surface area contributed by atoms with Crippen LogP contribution in [0.1, 0.15) is 30.3 Å². The molecule has 5 nitrogen and oxygen atoms in total. The molecule has 3 rings (SSSR count). The highest BCUT2D eigenvalue weighted by atomic mass is 35.5. The first kappa shape index (κ1) is 12.4. The molecule has 1 unspecified atom stereocenters. The Balaban J connectivity index is 2.10. The minimum absolute atomic E-state index is 0.124. The van der Waals surface area contributed by atoms with Gasteiger partial charge in [-0.05, 0) is 44.0 Å². The van der Waals surface area contributed by atoms with Crippen LogP contribution in [0, 0.1) is 6.92 Å². The summed E-state index contributed by atoms with van der Waals surface area (Å²) >= 11 is 6.13. The van der Waals surface area contributed by atoms with Crippen LogP contribution in [0.3, 0.4) is 0 Å². The zero-order chi connectivity index (χ0) is 13.4. The second kappa shape index (κ2) is 4.83. The van der Waals surface area contributed by atoms with Gasteiger partial charge in [0.05, 0.1) is 11.7 Å². The van der Waals surface area contributed by atoms with E-state index in [9.17, 15) is 4.79 Å². The summed E-state index contributed by atoms with van der Waals surface area (Å²) < 4.78 is 1.59. The van der Waals surface area contributed by atoms with Crippen LogP contribution in [0.4, 0.5) is 0 Å². The number of nitrogens with one attached hydrogen (secondary N) is 2. The average Bonchev–Trinajstić information content (AvgIpc) is 3.01. The molecule has 0 amide bonds. The lowest BCUT2D eigenvalue weighted by molar-refractivity contribution is 0.591. The molecule has 2 N–H and O–H groups in total. The minimum Gasteiger partial charge on any atom is -0.307 e. The molecule has 0 bridgehead atoms. The zero-order valence-electron chi connectivity index (χ0n) is 10.6. The number of benzene rings is 1. The Morgan fingerprint density at radius 1 is 1.47 bits per heavy atom. The summed E-state index contributed by atoms with van der Waals surface area (Å²) in [5, 5.41) is 10.7. The molecule has 0 radical (unpaired) electrons. The molecule has 1 aromatic carbocycles. The van der Waals surface area contributed by atoms with E-state index in [0.717, 1.165) is 36.5 Å². The van der Waals surface area contributed by atoms with Gasteiger partial charge in [-0.25, -0.2) is 14.5 Å². The molecule has 1 aliphatic heterocycles. The van der Waals surface area contributed by atoms with Crippen molar-refractivity contribution in [3.05, 3.63) is 45.1 Å². The van der Waals surface area contributed by atoms with Crippen LogP contribution in [0.2, 0.25) is 5.02 Å². The van der Waals surface area contributed by atoms with Gasteiger partial charge in [0.15, 0.2) is 5.82 Å². The molecule has 6 heteroatoms. The van der Waals surface area contributed by atoms with Crippen molar-refractivity contribution in [2.75, 3.05) is 6.54 Å². The van der Waals surface area contributed by atoms with E-state index >= 15 is 0 Å². The van der Waals surface area contributed by atoms with Crippen molar-refractivity contribution in [3.8, 4) is 5.69 Å². The van der Waals surface area contributed by atoms with E-state index in [4.69, 9.17) is 11.6 Å². The Kier molecular flexibility index (Phi) is 3.16. The molecule has 2 heterocycles. The molecule has 1 fully saturated rings. The third-order valence-electron chi connectivity index (χ3n) is 3.48. The van der Waals surface area contributed by atoms with E-state index in [1.54, 1.807) is 10.6 Å². The van der Waals surface area contributed by atoms with Crippen LogP contribution in [-0.4, -0.2) is 21.3 Å².